The number of hydrogen-bond acceptors (Lipinski definition) is 3. The molecule has 0 radical (unpaired) electrons. The molecule has 2 aromatic rings. The van der Waals surface area contributed by atoms with Crippen LogP contribution < -0.4 is 10.2 Å². The molecule has 2 rings (SSSR count). The van der Waals surface area contributed by atoms with Crippen molar-refractivity contribution in [3.63, 3.8) is 0 Å². The van der Waals surface area contributed by atoms with Gasteiger partial charge in [-0.25, -0.2) is 0 Å². The van der Waals surface area contributed by atoms with Crippen molar-refractivity contribution in [2.75, 3.05) is 23.0 Å². The molecule has 0 aliphatic rings. The number of amides is 2. The van der Waals surface area contributed by atoms with Gasteiger partial charge in [0.25, 0.3) is 0 Å². The van der Waals surface area contributed by atoms with Gasteiger partial charge >= 0.3 is 0 Å². The lowest BCUT2D eigenvalue weighted by atomic mass is 10.2. The number of nitrogens with zero attached hydrogens (tertiary/aromatic N) is 1. The molecular formula is C17H18N2O2S. The Bertz CT molecular complexity index is 641. The van der Waals surface area contributed by atoms with Crippen LogP contribution in [0.15, 0.2) is 59.5 Å². The van der Waals surface area contributed by atoms with Gasteiger partial charge in [-0.1, -0.05) is 18.2 Å². The van der Waals surface area contributed by atoms with E-state index in [1.807, 2.05) is 30.3 Å². The first kappa shape index (κ1) is 16.1. The summed E-state index contributed by atoms with van der Waals surface area (Å²) in [6.07, 6.45) is 0. The van der Waals surface area contributed by atoms with Crippen LogP contribution in [0.2, 0.25) is 0 Å². The van der Waals surface area contributed by atoms with Crippen LogP contribution in [0.3, 0.4) is 0 Å². The minimum Gasteiger partial charge on any atom is -0.325 e. The lowest BCUT2D eigenvalue weighted by Crippen LogP contribution is -2.22. The zero-order valence-electron chi connectivity index (χ0n) is 12.6. The van der Waals surface area contributed by atoms with Gasteiger partial charge in [0.2, 0.25) is 11.8 Å². The van der Waals surface area contributed by atoms with Gasteiger partial charge in [-0.2, -0.15) is 0 Å². The topological polar surface area (TPSA) is 49.4 Å². The summed E-state index contributed by atoms with van der Waals surface area (Å²) < 4.78 is 0. The number of carbonyl (C=O) groups excluding carboxylic acids is 2. The summed E-state index contributed by atoms with van der Waals surface area (Å²) in [5, 5.41) is 2.84. The maximum absolute atomic E-state index is 11.9. The fourth-order valence-corrected chi connectivity index (χ4v) is 2.53. The Balaban J connectivity index is 1.88. The van der Waals surface area contributed by atoms with Gasteiger partial charge in [-0.3, -0.25) is 9.59 Å². The van der Waals surface area contributed by atoms with E-state index in [2.05, 4.69) is 5.32 Å². The van der Waals surface area contributed by atoms with Gasteiger partial charge in [0.15, 0.2) is 0 Å². The molecule has 5 heteroatoms. The van der Waals surface area contributed by atoms with Crippen molar-refractivity contribution in [2.24, 2.45) is 0 Å². The van der Waals surface area contributed by atoms with E-state index in [4.69, 9.17) is 0 Å². The Kier molecular flexibility index (Phi) is 5.61. The summed E-state index contributed by atoms with van der Waals surface area (Å²) in [6.45, 7) is 1.51. The second kappa shape index (κ2) is 7.66. The predicted molar refractivity (Wildman–Crippen MR) is 91.3 cm³/mol. The second-order valence-electron chi connectivity index (χ2n) is 4.77. The van der Waals surface area contributed by atoms with Crippen LogP contribution in [0.4, 0.5) is 11.4 Å². The van der Waals surface area contributed by atoms with Gasteiger partial charge < -0.3 is 10.2 Å². The molecule has 0 spiro atoms. The average molecular weight is 314 g/mol. The number of hydrogen-bond donors (Lipinski definition) is 1. The van der Waals surface area contributed by atoms with Crippen molar-refractivity contribution in [1.29, 1.82) is 0 Å². The number of benzene rings is 2. The Morgan fingerprint density at radius 1 is 1.05 bits per heavy atom. The quantitative estimate of drug-likeness (QED) is 0.861. The van der Waals surface area contributed by atoms with Crippen LogP contribution >= 0.6 is 11.8 Å². The molecule has 0 unspecified atom stereocenters. The first-order valence-electron chi connectivity index (χ1n) is 6.88. The standard InChI is InChI=1S/C17H18N2O2S/c1-13(20)19(2)15-10-8-14(9-11-15)18-17(21)12-22-16-6-4-3-5-7-16/h3-11H,12H2,1-2H3,(H,18,21). The largest absolute Gasteiger partial charge is 0.325 e. The Hall–Kier alpha value is -2.27. The van der Waals surface area contributed by atoms with E-state index >= 15 is 0 Å². The second-order valence-corrected chi connectivity index (χ2v) is 5.82. The minimum absolute atomic E-state index is 0.0314. The van der Waals surface area contributed by atoms with Crippen molar-refractivity contribution in [3.8, 4) is 0 Å². The Labute approximate surface area is 134 Å². The molecule has 2 aromatic carbocycles. The Morgan fingerprint density at radius 2 is 1.68 bits per heavy atom. The van der Waals surface area contributed by atoms with Crippen LogP contribution in [0, 0.1) is 0 Å². The van der Waals surface area contributed by atoms with E-state index in [0.717, 1.165) is 16.3 Å². The zero-order valence-corrected chi connectivity index (χ0v) is 13.4. The third-order valence-electron chi connectivity index (χ3n) is 3.12. The van der Waals surface area contributed by atoms with Gasteiger partial charge in [-0.05, 0) is 36.4 Å². The third-order valence-corrected chi connectivity index (χ3v) is 4.14. The monoisotopic (exact) mass is 314 g/mol. The zero-order chi connectivity index (χ0) is 15.9. The van der Waals surface area contributed by atoms with E-state index in [1.165, 1.54) is 18.7 Å². The first-order valence-corrected chi connectivity index (χ1v) is 7.87. The van der Waals surface area contributed by atoms with Crippen molar-refractivity contribution >= 4 is 35.0 Å². The van der Waals surface area contributed by atoms with E-state index in [1.54, 1.807) is 36.2 Å². The first-order chi connectivity index (χ1) is 10.6. The highest BCUT2D eigenvalue weighted by molar-refractivity contribution is 8.00. The lowest BCUT2D eigenvalue weighted by molar-refractivity contribution is -0.116. The number of anilines is 2. The molecule has 114 valence electrons. The summed E-state index contributed by atoms with van der Waals surface area (Å²) in [7, 11) is 1.71. The maximum atomic E-state index is 11.9. The number of carbonyl (C=O) groups is 2. The van der Waals surface area contributed by atoms with Crippen LogP contribution in [-0.4, -0.2) is 24.6 Å². The van der Waals surface area contributed by atoms with Crippen LogP contribution in [-0.2, 0) is 9.59 Å². The molecule has 4 nitrogen and oxygen atoms in total. The smallest absolute Gasteiger partial charge is 0.234 e. The van der Waals surface area contributed by atoms with Crippen LogP contribution in [0.25, 0.3) is 0 Å². The summed E-state index contributed by atoms with van der Waals surface area (Å²) in [5.41, 5.74) is 1.52. The molecule has 0 bridgehead atoms. The van der Waals surface area contributed by atoms with Gasteiger partial charge in [0.05, 0.1) is 5.75 Å². The molecule has 0 aromatic heterocycles. The molecule has 0 heterocycles. The SMILES string of the molecule is CC(=O)N(C)c1ccc(NC(=O)CSc2ccccc2)cc1. The molecule has 0 saturated carbocycles. The molecule has 0 aliphatic heterocycles. The molecule has 0 atom stereocenters. The van der Waals surface area contributed by atoms with Crippen molar-refractivity contribution in [3.05, 3.63) is 54.6 Å². The molecule has 1 N–H and O–H groups in total. The highest BCUT2D eigenvalue weighted by Crippen LogP contribution is 2.19. The fourth-order valence-electron chi connectivity index (χ4n) is 1.81. The van der Waals surface area contributed by atoms with Gasteiger partial charge in [0, 0.05) is 30.2 Å². The third kappa shape index (κ3) is 4.63. The van der Waals surface area contributed by atoms with E-state index in [-0.39, 0.29) is 11.8 Å². The highest BCUT2D eigenvalue weighted by atomic mass is 32.2. The number of thioether (sulfide) groups is 1. The molecule has 0 saturated heterocycles. The minimum atomic E-state index is -0.0541. The van der Waals surface area contributed by atoms with Crippen LogP contribution in [0.1, 0.15) is 6.92 Å². The van der Waals surface area contributed by atoms with Crippen molar-refractivity contribution in [1.82, 2.24) is 0 Å². The fraction of sp³-hybridized carbons (Fsp3) is 0.176. The predicted octanol–water partition coefficient (Wildman–Crippen LogP) is 3.40. The molecular weight excluding hydrogens is 296 g/mol. The average Bonchev–Trinajstić information content (AvgIpc) is 2.54. The molecule has 0 aliphatic carbocycles. The molecule has 2 amide bonds. The van der Waals surface area contributed by atoms with E-state index in [9.17, 15) is 9.59 Å². The normalized spacial score (nSPS) is 10.1. The lowest BCUT2D eigenvalue weighted by Gasteiger charge is -2.15. The number of nitrogens with one attached hydrogen (secondary N) is 1. The summed E-state index contributed by atoms with van der Waals surface area (Å²) >= 11 is 1.49. The molecule has 22 heavy (non-hydrogen) atoms. The van der Waals surface area contributed by atoms with Gasteiger partial charge in [-0.15, -0.1) is 11.8 Å². The highest BCUT2D eigenvalue weighted by Gasteiger charge is 2.07. The van der Waals surface area contributed by atoms with Crippen LogP contribution in [0.5, 0.6) is 0 Å². The van der Waals surface area contributed by atoms with E-state index < -0.39 is 0 Å². The summed E-state index contributed by atoms with van der Waals surface area (Å²) in [6, 6.07) is 17.0. The number of rotatable bonds is 5. The van der Waals surface area contributed by atoms with Crippen molar-refractivity contribution in [2.45, 2.75) is 11.8 Å². The Morgan fingerprint density at radius 3 is 2.27 bits per heavy atom. The van der Waals surface area contributed by atoms with Crippen molar-refractivity contribution < 1.29 is 9.59 Å². The summed E-state index contributed by atoms with van der Waals surface area (Å²) in [4.78, 5) is 25.8. The van der Waals surface area contributed by atoms with E-state index in [0.29, 0.717) is 5.75 Å². The summed E-state index contributed by atoms with van der Waals surface area (Å²) in [5.74, 6) is 0.275. The maximum Gasteiger partial charge on any atom is 0.234 e. The molecule has 0 fully saturated rings. The van der Waals surface area contributed by atoms with Gasteiger partial charge in [0.1, 0.15) is 0 Å².